The number of anilines is 2. The summed E-state index contributed by atoms with van der Waals surface area (Å²) in [6.07, 6.45) is 0.944. The number of rotatable bonds is 2. The van der Waals surface area contributed by atoms with E-state index in [2.05, 4.69) is 26.0 Å². The standard InChI is InChI=1S/C11H12N6O/c1-17-15-11(14-16-17)13-10(18)8-2-3-9-7(6-8)4-5-12-9/h2-3,6,12H,4-5H2,1H3,(H,13,15,18). The average molecular weight is 244 g/mol. The van der Waals surface area contributed by atoms with Gasteiger partial charge in [-0.2, -0.15) is 4.80 Å². The first-order chi connectivity index (χ1) is 8.72. The predicted molar refractivity (Wildman–Crippen MR) is 65.4 cm³/mol. The largest absolute Gasteiger partial charge is 0.384 e. The maximum absolute atomic E-state index is 12.0. The summed E-state index contributed by atoms with van der Waals surface area (Å²) in [4.78, 5) is 13.3. The second-order valence-corrected chi connectivity index (χ2v) is 4.11. The molecule has 7 nitrogen and oxygen atoms in total. The fourth-order valence-corrected chi connectivity index (χ4v) is 1.95. The zero-order chi connectivity index (χ0) is 12.5. The molecule has 1 aromatic heterocycles. The summed E-state index contributed by atoms with van der Waals surface area (Å²) in [5.74, 6) is -0.0150. The fourth-order valence-electron chi connectivity index (χ4n) is 1.95. The van der Waals surface area contributed by atoms with Crippen molar-refractivity contribution in [3.63, 3.8) is 0 Å². The van der Waals surface area contributed by atoms with Crippen LogP contribution >= 0.6 is 0 Å². The van der Waals surface area contributed by atoms with Gasteiger partial charge in [0.25, 0.3) is 11.9 Å². The molecule has 3 rings (SSSR count). The summed E-state index contributed by atoms with van der Waals surface area (Å²) in [5.41, 5.74) is 2.86. The van der Waals surface area contributed by atoms with Crippen LogP contribution < -0.4 is 10.6 Å². The minimum atomic E-state index is -0.224. The summed E-state index contributed by atoms with van der Waals surface area (Å²) in [5, 5.41) is 17.1. The lowest BCUT2D eigenvalue weighted by molar-refractivity contribution is 0.102. The molecule has 0 bridgehead atoms. The SMILES string of the molecule is Cn1nnc(NC(=O)c2ccc3c(c2)CCN3)n1. The molecule has 1 aromatic carbocycles. The van der Waals surface area contributed by atoms with Crippen LogP contribution in [0.3, 0.4) is 0 Å². The average Bonchev–Trinajstić information content (AvgIpc) is 2.96. The zero-order valence-corrected chi connectivity index (χ0v) is 9.84. The van der Waals surface area contributed by atoms with Crippen LogP contribution in [0.15, 0.2) is 18.2 Å². The van der Waals surface area contributed by atoms with Crippen LogP contribution in [0.4, 0.5) is 11.6 Å². The lowest BCUT2D eigenvalue weighted by atomic mass is 10.1. The highest BCUT2D eigenvalue weighted by Crippen LogP contribution is 2.23. The molecule has 2 N–H and O–H groups in total. The zero-order valence-electron chi connectivity index (χ0n) is 9.84. The molecule has 18 heavy (non-hydrogen) atoms. The molecule has 0 saturated carbocycles. The molecule has 92 valence electrons. The molecule has 0 fully saturated rings. The molecule has 2 aromatic rings. The molecule has 0 radical (unpaired) electrons. The van der Waals surface area contributed by atoms with Gasteiger partial charge in [-0.1, -0.05) is 5.10 Å². The van der Waals surface area contributed by atoms with Crippen LogP contribution in [0.2, 0.25) is 0 Å². The van der Waals surface area contributed by atoms with Gasteiger partial charge in [-0.15, -0.1) is 5.10 Å². The molecule has 0 atom stereocenters. The first-order valence-corrected chi connectivity index (χ1v) is 5.64. The third kappa shape index (κ3) is 1.90. The molecular weight excluding hydrogens is 232 g/mol. The Morgan fingerprint density at radius 2 is 2.39 bits per heavy atom. The third-order valence-corrected chi connectivity index (χ3v) is 2.81. The van der Waals surface area contributed by atoms with Gasteiger partial charge >= 0.3 is 0 Å². The number of tetrazole rings is 1. The number of amides is 1. The van der Waals surface area contributed by atoms with E-state index < -0.39 is 0 Å². The van der Waals surface area contributed by atoms with E-state index in [1.165, 1.54) is 4.80 Å². The van der Waals surface area contributed by atoms with Crippen molar-refractivity contribution in [1.29, 1.82) is 0 Å². The van der Waals surface area contributed by atoms with E-state index in [0.717, 1.165) is 24.2 Å². The van der Waals surface area contributed by atoms with Gasteiger partial charge in [0, 0.05) is 17.8 Å². The number of nitrogens with one attached hydrogen (secondary N) is 2. The van der Waals surface area contributed by atoms with Crippen molar-refractivity contribution in [3.8, 4) is 0 Å². The van der Waals surface area contributed by atoms with E-state index in [-0.39, 0.29) is 11.9 Å². The van der Waals surface area contributed by atoms with E-state index >= 15 is 0 Å². The second kappa shape index (κ2) is 4.10. The molecule has 0 unspecified atom stereocenters. The molecule has 1 aliphatic heterocycles. The Labute approximate surface area is 103 Å². The Bertz CT molecular complexity index is 605. The fraction of sp³-hybridized carbons (Fsp3) is 0.273. The quantitative estimate of drug-likeness (QED) is 0.800. The van der Waals surface area contributed by atoms with Gasteiger partial charge in [0.2, 0.25) is 0 Å². The van der Waals surface area contributed by atoms with E-state index in [1.807, 2.05) is 12.1 Å². The van der Waals surface area contributed by atoms with Crippen LogP contribution in [0.5, 0.6) is 0 Å². The van der Waals surface area contributed by atoms with Gasteiger partial charge in [0.05, 0.1) is 7.05 Å². The van der Waals surface area contributed by atoms with Crippen molar-refractivity contribution in [3.05, 3.63) is 29.3 Å². The van der Waals surface area contributed by atoms with Crippen LogP contribution in [0.25, 0.3) is 0 Å². The van der Waals surface area contributed by atoms with E-state index in [4.69, 9.17) is 0 Å². The Hall–Kier alpha value is -2.44. The molecule has 1 amide bonds. The minimum Gasteiger partial charge on any atom is -0.384 e. The predicted octanol–water partition coefficient (Wildman–Crippen LogP) is 0.430. The highest BCUT2D eigenvalue weighted by molar-refractivity contribution is 6.03. The highest BCUT2D eigenvalue weighted by atomic mass is 16.1. The summed E-state index contributed by atoms with van der Waals surface area (Å²) in [6.45, 7) is 0.923. The number of benzene rings is 1. The van der Waals surface area contributed by atoms with Gasteiger partial charge in [-0.3, -0.25) is 10.1 Å². The number of aryl methyl sites for hydroxylation is 1. The Morgan fingerprint density at radius 3 is 3.17 bits per heavy atom. The molecule has 0 saturated heterocycles. The van der Waals surface area contributed by atoms with Crippen LogP contribution in [-0.2, 0) is 13.5 Å². The number of carbonyl (C=O) groups is 1. The first kappa shape index (κ1) is 10.7. The van der Waals surface area contributed by atoms with E-state index in [1.54, 1.807) is 13.1 Å². The van der Waals surface area contributed by atoms with Crippen LogP contribution in [0.1, 0.15) is 15.9 Å². The van der Waals surface area contributed by atoms with Crippen LogP contribution in [0, 0.1) is 0 Å². The van der Waals surface area contributed by atoms with Crippen LogP contribution in [-0.4, -0.2) is 32.7 Å². The molecule has 7 heteroatoms. The molecular formula is C11H12N6O. The maximum Gasteiger partial charge on any atom is 0.270 e. The van der Waals surface area contributed by atoms with E-state index in [0.29, 0.717) is 5.56 Å². The number of fused-ring (bicyclic) bond motifs is 1. The van der Waals surface area contributed by atoms with Crippen molar-refractivity contribution < 1.29 is 4.79 Å². The van der Waals surface area contributed by atoms with Gasteiger partial charge < -0.3 is 5.32 Å². The molecule has 1 aliphatic rings. The maximum atomic E-state index is 12.0. The topological polar surface area (TPSA) is 84.7 Å². The third-order valence-electron chi connectivity index (χ3n) is 2.81. The van der Waals surface area contributed by atoms with Gasteiger partial charge in [-0.25, -0.2) is 0 Å². The summed E-state index contributed by atoms with van der Waals surface area (Å²) < 4.78 is 0. The summed E-state index contributed by atoms with van der Waals surface area (Å²) >= 11 is 0. The van der Waals surface area contributed by atoms with Crippen molar-refractivity contribution >= 4 is 17.5 Å². The lowest BCUT2D eigenvalue weighted by Crippen LogP contribution is -2.13. The minimum absolute atomic E-state index is 0.209. The van der Waals surface area contributed by atoms with Crippen molar-refractivity contribution in [2.45, 2.75) is 6.42 Å². The first-order valence-electron chi connectivity index (χ1n) is 5.64. The molecule has 0 spiro atoms. The molecule has 2 heterocycles. The number of hydrogen-bond donors (Lipinski definition) is 2. The summed E-state index contributed by atoms with van der Waals surface area (Å²) in [7, 11) is 1.64. The van der Waals surface area contributed by atoms with Gasteiger partial charge in [-0.05, 0) is 35.4 Å². The summed E-state index contributed by atoms with van der Waals surface area (Å²) in [6, 6.07) is 5.59. The number of nitrogens with zero attached hydrogens (tertiary/aromatic N) is 4. The van der Waals surface area contributed by atoms with Crippen molar-refractivity contribution in [2.24, 2.45) is 7.05 Å². The van der Waals surface area contributed by atoms with Gasteiger partial charge in [0.1, 0.15) is 0 Å². The van der Waals surface area contributed by atoms with Crippen molar-refractivity contribution in [1.82, 2.24) is 20.2 Å². The normalized spacial score (nSPS) is 12.9. The number of hydrogen-bond acceptors (Lipinski definition) is 5. The van der Waals surface area contributed by atoms with Gasteiger partial charge in [0.15, 0.2) is 0 Å². The number of carbonyl (C=O) groups excluding carboxylic acids is 1. The Morgan fingerprint density at radius 1 is 1.50 bits per heavy atom. The Kier molecular flexibility index (Phi) is 2.44. The smallest absolute Gasteiger partial charge is 0.270 e. The lowest BCUT2D eigenvalue weighted by Gasteiger charge is -2.03. The van der Waals surface area contributed by atoms with Crippen molar-refractivity contribution in [2.75, 3.05) is 17.2 Å². The number of aromatic nitrogens is 4. The Balaban J connectivity index is 1.80. The second-order valence-electron chi connectivity index (χ2n) is 4.11. The highest BCUT2D eigenvalue weighted by Gasteiger charge is 2.14. The van der Waals surface area contributed by atoms with E-state index in [9.17, 15) is 4.79 Å². The molecule has 0 aliphatic carbocycles. The monoisotopic (exact) mass is 244 g/mol.